The minimum atomic E-state index is -1.09. The maximum absolute atomic E-state index is 11.0. The number of aryl methyl sites for hydroxylation is 1. The van der Waals surface area contributed by atoms with Crippen molar-refractivity contribution in [2.24, 2.45) is 5.92 Å². The highest BCUT2D eigenvalue weighted by Crippen LogP contribution is 2.34. The van der Waals surface area contributed by atoms with Crippen LogP contribution in [0.25, 0.3) is 10.9 Å². The standard InChI is InChI=1S/C25H30BrN3O6/c1-16-2-7-21(25(31)32)27-24(16)35-11-9-33-8-10-34-23-13-22-18(12-20(23)26)14-29(28-22)19-5-3-17(15-30)4-6-19/h2,7,12-14,17,19,30H,3-6,8-11,15H2,1H3,(H,31,32). The van der Waals surface area contributed by atoms with Gasteiger partial charge in [-0.1, -0.05) is 6.07 Å². The largest absolute Gasteiger partial charge is 0.490 e. The van der Waals surface area contributed by atoms with Gasteiger partial charge in [0.25, 0.3) is 0 Å². The normalized spacial score (nSPS) is 18.0. The maximum Gasteiger partial charge on any atom is 0.354 e. The third-order valence-corrected chi connectivity index (χ3v) is 6.87. The predicted molar refractivity (Wildman–Crippen MR) is 133 cm³/mol. The molecule has 0 radical (unpaired) electrons. The summed E-state index contributed by atoms with van der Waals surface area (Å²) in [6.07, 6.45) is 6.22. The van der Waals surface area contributed by atoms with Crippen molar-refractivity contribution in [2.75, 3.05) is 33.0 Å². The van der Waals surface area contributed by atoms with Crippen LogP contribution in [0.1, 0.15) is 47.8 Å². The van der Waals surface area contributed by atoms with Crippen molar-refractivity contribution in [3.05, 3.63) is 46.2 Å². The Balaban J connectivity index is 1.22. The Morgan fingerprint density at radius 1 is 1.11 bits per heavy atom. The molecule has 2 N–H and O–H groups in total. The minimum absolute atomic E-state index is 0.0543. The molecule has 0 bridgehead atoms. The fourth-order valence-corrected chi connectivity index (χ4v) is 4.69. The molecule has 0 saturated heterocycles. The molecule has 0 spiro atoms. The fourth-order valence-electron chi connectivity index (χ4n) is 4.22. The average Bonchev–Trinajstić information content (AvgIpc) is 3.27. The number of aliphatic hydroxyl groups is 1. The molecule has 0 amide bonds. The molecule has 1 fully saturated rings. The number of nitrogens with zero attached hydrogens (tertiary/aromatic N) is 3. The number of carboxylic acid groups (broad SMARTS) is 1. The zero-order valence-corrected chi connectivity index (χ0v) is 21.2. The van der Waals surface area contributed by atoms with Crippen molar-refractivity contribution in [3.8, 4) is 11.6 Å². The lowest BCUT2D eigenvalue weighted by Gasteiger charge is -2.27. The zero-order chi connectivity index (χ0) is 24.8. The molecule has 9 nitrogen and oxygen atoms in total. The van der Waals surface area contributed by atoms with E-state index in [2.05, 4.69) is 31.8 Å². The first kappa shape index (κ1) is 25.4. The number of aromatic nitrogens is 3. The van der Waals surface area contributed by atoms with Crippen molar-refractivity contribution in [3.63, 3.8) is 0 Å². The maximum atomic E-state index is 11.0. The van der Waals surface area contributed by atoms with Crippen LogP contribution in [0.5, 0.6) is 11.6 Å². The van der Waals surface area contributed by atoms with Gasteiger partial charge in [0.1, 0.15) is 19.0 Å². The second-order valence-corrected chi connectivity index (χ2v) is 9.60. The van der Waals surface area contributed by atoms with Crippen LogP contribution >= 0.6 is 15.9 Å². The second kappa shape index (κ2) is 11.8. The van der Waals surface area contributed by atoms with Gasteiger partial charge >= 0.3 is 5.97 Å². The molecule has 1 aliphatic carbocycles. The summed E-state index contributed by atoms with van der Waals surface area (Å²) in [5.74, 6) is 0.326. The van der Waals surface area contributed by atoms with Gasteiger partial charge in [-0.25, -0.2) is 9.78 Å². The quantitative estimate of drug-likeness (QED) is 0.339. The number of halogens is 1. The Labute approximate surface area is 212 Å². The lowest BCUT2D eigenvalue weighted by atomic mass is 9.87. The number of carboxylic acids is 1. The number of benzene rings is 1. The van der Waals surface area contributed by atoms with Crippen LogP contribution in [-0.4, -0.2) is 64.0 Å². The third kappa shape index (κ3) is 6.50. The summed E-state index contributed by atoms with van der Waals surface area (Å²) >= 11 is 3.58. The second-order valence-electron chi connectivity index (χ2n) is 8.74. The molecule has 35 heavy (non-hydrogen) atoms. The van der Waals surface area contributed by atoms with Crippen LogP contribution in [0, 0.1) is 12.8 Å². The molecule has 0 aliphatic heterocycles. The fraction of sp³-hybridized carbons (Fsp3) is 0.480. The Hall–Kier alpha value is -2.69. The van der Waals surface area contributed by atoms with Crippen LogP contribution in [0.4, 0.5) is 0 Å². The number of aromatic carboxylic acids is 1. The molecule has 0 atom stereocenters. The highest BCUT2D eigenvalue weighted by molar-refractivity contribution is 9.10. The highest BCUT2D eigenvalue weighted by Gasteiger charge is 2.23. The van der Waals surface area contributed by atoms with E-state index < -0.39 is 5.97 Å². The van der Waals surface area contributed by atoms with E-state index in [1.54, 1.807) is 6.07 Å². The van der Waals surface area contributed by atoms with Gasteiger partial charge < -0.3 is 24.4 Å². The number of carbonyl (C=O) groups is 1. The van der Waals surface area contributed by atoms with E-state index in [1.165, 1.54) is 6.07 Å². The number of ether oxygens (including phenoxy) is 3. The van der Waals surface area contributed by atoms with E-state index in [1.807, 2.05) is 19.1 Å². The zero-order valence-electron chi connectivity index (χ0n) is 19.7. The van der Waals surface area contributed by atoms with Gasteiger partial charge in [-0.15, -0.1) is 0 Å². The SMILES string of the molecule is Cc1ccc(C(=O)O)nc1OCCOCCOc1cc2nn(C3CCC(CO)CC3)cc2cc1Br. The van der Waals surface area contributed by atoms with Crippen LogP contribution < -0.4 is 9.47 Å². The molecular weight excluding hydrogens is 518 g/mol. The Bertz CT molecular complexity index is 1160. The van der Waals surface area contributed by atoms with E-state index in [9.17, 15) is 9.90 Å². The highest BCUT2D eigenvalue weighted by atomic mass is 79.9. The number of hydrogen-bond acceptors (Lipinski definition) is 7. The Kier molecular flexibility index (Phi) is 8.59. The lowest BCUT2D eigenvalue weighted by molar-refractivity contribution is 0.0682. The van der Waals surface area contributed by atoms with Gasteiger partial charge in [-0.05, 0) is 66.6 Å². The summed E-state index contributed by atoms with van der Waals surface area (Å²) < 4.78 is 19.9. The average molecular weight is 548 g/mol. The van der Waals surface area contributed by atoms with Crippen LogP contribution in [0.2, 0.25) is 0 Å². The molecule has 2 aromatic heterocycles. The molecule has 2 heterocycles. The monoisotopic (exact) mass is 547 g/mol. The van der Waals surface area contributed by atoms with Gasteiger partial charge in [-0.2, -0.15) is 5.10 Å². The summed E-state index contributed by atoms with van der Waals surface area (Å²) in [6.45, 7) is 3.40. The van der Waals surface area contributed by atoms with Crippen molar-refractivity contribution >= 4 is 32.8 Å². The van der Waals surface area contributed by atoms with Crippen LogP contribution in [0.15, 0.2) is 34.9 Å². The summed E-state index contributed by atoms with van der Waals surface area (Å²) in [4.78, 5) is 15.0. The summed E-state index contributed by atoms with van der Waals surface area (Å²) in [5.41, 5.74) is 1.59. The van der Waals surface area contributed by atoms with Crippen LogP contribution in [-0.2, 0) is 4.74 Å². The van der Waals surface area contributed by atoms with Gasteiger partial charge in [-0.3, -0.25) is 4.68 Å². The number of aliphatic hydroxyl groups excluding tert-OH is 1. The number of hydrogen-bond donors (Lipinski definition) is 2. The van der Waals surface area contributed by atoms with Crippen molar-refractivity contribution in [1.82, 2.24) is 14.8 Å². The van der Waals surface area contributed by atoms with Crippen molar-refractivity contribution < 1.29 is 29.2 Å². The molecular formula is C25H30BrN3O6. The minimum Gasteiger partial charge on any atom is -0.490 e. The van der Waals surface area contributed by atoms with Gasteiger partial charge in [0.15, 0.2) is 5.69 Å². The predicted octanol–water partition coefficient (Wildman–Crippen LogP) is 4.40. The first-order valence-electron chi connectivity index (χ1n) is 11.8. The number of rotatable bonds is 11. The Morgan fingerprint density at radius 2 is 1.86 bits per heavy atom. The molecule has 3 aromatic rings. The first-order valence-corrected chi connectivity index (χ1v) is 12.6. The van der Waals surface area contributed by atoms with Gasteiger partial charge in [0.2, 0.25) is 5.88 Å². The summed E-state index contributed by atoms with van der Waals surface area (Å²) in [7, 11) is 0. The molecule has 1 aliphatic rings. The molecule has 4 rings (SSSR count). The third-order valence-electron chi connectivity index (χ3n) is 6.25. The molecule has 10 heteroatoms. The topological polar surface area (TPSA) is 116 Å². The first-order chi connectivity index (χ1) is 16.9. The Morgan fingerprint density at radius 3 is 2.57 bits per heavy atom. The van der Waals surface area contributed by atoms with E-state index in [-0.39, 0.29) is 18.9 Å². The molecule has 1 saturated carbocycles. The lowest BCUT2D eigenvalue weighted by Crippen LogP contribution is -2.20. The number of fused-ring (bicyclic) bond motifs is 1. The van der Waals surface area contributed by atoms with Gasteiger partial charge in [0, 0.05) is 29.8 Å². The van der Waals surface area contributed by atoms with Crippen molar-refractivity contribution in [2.45, 2.75) is 38.6 Å². The van der Waals surface area contributed by atoms with E-state index in [0.717, 1.165) is 46.6 Å². The van der Waals surface area contributed by atoms with Crippen molar-refractivity contribution in [1.29, 1.82) is 0 Å². The molecule has 0 unspecified atom stereocenters. The van der Waals surface area contributed by atoms with Crippen LogP contribution in [0.3, 0.4) is 0 Å². The summed E-state index contributed by atoms with van der Waals surface area (Å²) in [6, 6.07) is 7.43. The number of pyridine rings is 1. The van der Waals surface area contributed by atoms with E-state index in [4.69, 9.17) is 24.4 Å². The van der Waals surface area contributed by atoms with E-state index in [0.29, 0.717) is 43.4 Å². The molecule has 188 valence electrons. The summed E-state index contributed by atoms with van der Waals surface area (Å²) in [5, 5.41) is 24.2. The smallest absolute Gasteiger partial charge is 0.354 e. The molecule has 1 aromatic carbocycles. The van der Waals surface area contributed by atoms with E-state index >= 15 is 0 Å². The van der Waals surface area contributed by atoms with Gasteiger partial charge in [0.05, 0.1) is 29.2 Å².